The van der Waals surface area contributed by atoms with E-state index in [1.165, 1.54) is 0 Å². The van der Waals surface area contributed by atoms with E-state index in [-0.39, 0.29) is 17.4 Å². The standard InChI is InChI=1S/C12H13F3N4O/c13-12(14,15)9-6-10(16)17-11-5-8(18-19(9)11)7-1-3-20-4-2-7/h5-7H,1-4H2,(H2,16,17). The van der Waals surface area contributed by atoms with Crippen molar-refractivity contribution in [2.24, 2.45) is 0 Å². The predicted molar refractivity (Wildman–Crippen MR) is 65.2 cm³/mol. The summed E-state index contributed by atoms with van der Waals surface area (Å²) in [6.07, 6.45) is -3.02. The van der Waals surface area contributed by atoms with E-state index in [9.17, 15) is 13.2 Å². The Morgan fingerprint density at radius 1 is 1.25 bits per heavy atom. The number of anilines is 1. The molecular formula is C12H13F3N4O. The lowest BCUT2D eigenvalue weighted by molar-refractivity contribution is -0.142. The zero-order valence-corrected chi connectivity index (χ0v) is 10.5. The third-order valence-corrected chi connectivity index (χ3v) is 3.40. The summed E-state index contributed by atoms with van der Waals surface area (Å²) in [4.78, 5) is 3.91. The largest absolute Gasteiger partial charge is 0.433 e. The molecule has 0 spiro atoms. The quantitative estimate of drug-likeness (QED) is 0.873. The van der Waals surface area contributed by atoms with Crippen LogP contribution in [0, 0.1) is 0 Å². The first-order valence-corrected chi connectivity index (χ1v) is 6.26. The number of hydrogen-bond acceptors (Lipinski definition) is 4. The minimum absolute atomic E-state index is 0.104. The second-order valence-electron chi connectivity index (χ2n) is 4.79. The minimum atomic E-state index is -4.52. The molecule has 5 nitrogen and oxygen atoms in total. The van der Waals surface area contributed by atoms with Gasteiger partial charge in [-0.25, -0.2) is 9.50 Å². The van der Waals surface area contributed by atoms with Crippen LogP contribution in [0.5, 0.6) is 0 Å². The second-order valence-corrected chi connectivity index (χ2v) is 4.79. The summed E-state index contributed by atoms with van der Waals surface area (Å²) >= 11 is 0. The van der Waals surface area contributed by atoms with Crippen LogP contribution in [0.3, 0.4) is 0 Å². The molecule has 1 fully saturated rings. The summed E-state index contributed by atoms with van der Waals surface area (Å²) < 4.78 is 45.0. The highest BCUT2D eigenvalue weighted by atomic mass is 19.4. The Bertz CT molecular complexity index is 631. The summed E-state index contributed by atoms with van der Waals surface area (Å²) in [7, 11) is 0. The Kier molecular flexibility index (Phi) is 3.04. The molecule has 1 aliphatic rings. The van der Waals surface area contributed by atoms with E-state index in [0.717, 1.165) is 23.4 Å². The molecule has 0 atom stereocenters. The van der Waals surface area contributed by atoms with Crippen molar-refractivity contribution in [2.45, 2.75) is 24.9 Å². The van der Waals surface area contributed by atoms with Gasteiger partial charge >= 0.3 is 6.18 Å². The van der Waals surface area contributed by atoms with Gasteiger partial charge in [0.2, 0.25) is 0 Å². The number of nitrogens with two attached hydrogens (primary N) is 1. The van der Waals surface area contributed by atoms with Gasteiger partial charge in [0.1, 0.15) is 5.82 Å². The number of rotatable bonds is 1. The number of nitrogen functional groups attached to an aromatic ring is 1. The van der Waals surface area contributed by atoms with Crippen molar-refractivity contribution in [1.29, 1.82) is 0 Å². The van der Waals surface area contributed by atoms with Gasteiger partial charge in [-0.2, -0.15) is 18.3 Å². The van der Waals surface area contributed by atoms with Gasteiger partial charge in [-0.05, 0) is 12.8 Å². The average Bonchev–Trinajstić information content (AvgIpc) is 2.81. The molecule has 1 aliphatic heterocycles. The van der Waals surface area contributed by atoms with Crippen molar-refractivity contribution >= 4 is 11.5 Å². The van der Waals surface area contributed by atoms with Crippen LogP contribution in [-0.2, 0) is 10.9 Å². The molecule has 0 aromatic carbocycles. The number of nitrogens with zero attached hydrogens (tertiary/aromatic N) is 3. The van der Waals surface area contributed by atoms with Crippen molar-refractivity contribution < 1.29 is 17.9 Å². The van der Waals surface area contributed by atoms with Gasteiger partial charge in [-0.15, -0.1) is 0 Å². The Balaban J connectivity index is 2.10. The lowest BCUT2D eigenvalue weighted by atomic mass is 9.97. The predicted octanol–water partition coefficient (Wildman–Crippen LogP) is 2.22. The van der Waals surface area contributed by atoms with E-state index in [2.05, 4.69) is 10.1 Å². The van der Waals surface area contributed by atoms with Crippen molar-refractivity contribution in [3.05, 3.63) is 23.5 Å². The molecule has 108 valence electrons. The maximum Gasteiger partial charge on any atom is 0.433 e. The SMILES string of the molecule is Nc1cc(C(F)(F)F)n2nc(C3CCOCC3)cc2n1. The first-order chi connectivity index (χ1) is 9.45. The lowest BCUT2D eigenvalue weighted by Gasteiger charge is -2.19. The molecular weight excluding hydrogens is 273 g/mol. The molecule has 8 heteroatoms. The zero-order chi connectivity index (χ0) is 14.3. The third kappa shape index (κ3) is 2.31. The number of hydrogen-bond donors (Lipinski definition) is 1. The van der Waals surface area contributed by atoms with Crippen LogP contribution in [0.2, 0.25) is 0 Å². The van der Waals surface area contributed by atoms with Gasteiger partial charge in [0, 0.05) is 31.3 Å². The molecule has 3 rings (SSSR count). The third-order valence-electron chi connectivity index (χ3n) is 3.40. The van der Waals surface area contributed by atoms with E-state index in [0.29, 0.717) is 18.9 Å². The van der Waals surface area contributed by atoms with Crippen LogP contribution in [0.25, 0.3) is 5.65 Å². The maximum atomic E-state index is 13.0. The first-order valence-electron chi connectivity index (χ1n) is 6.26. The minimum Gasteiger partial charge on any atom is -0.384 e. The molecule has 0 amide bonds. The van der Waals surface area contributed by atoms with Crippen molar-refractivity contribution in [2.75, 3.05) is 18.9 Å². The maximum absolute atomic E-state index is 13.0. The van der Waals surface area contributed by atoms with Crippen molar-refractivity contribution in [1.82, 2.24) is 14.6 Å². The Hall–Kier alpha value is -1.83. The summed E-state index contributed by atoms with van der Waals surface area (Å²) in [5.74, 6) is -0.0592. The molecule has 0 unspecified atom stereocenters. The van der Waals surface area contributed by atoms with Crippen LogP contribution in [0.15, 0.2) is 12.1 Å². The fraction of sp³-hybridized carbons (Fsp3) is 0.500. The highest BCUT2D eigenvalue weighted by molar-refractivity contribution is 5.48. The van der Waals surface area contributed by atoms with E-state index >= 15 is 0 Å². The highest BCUT2D eigenvalue weighted by Gasteiger charge is 2.35. The van der Waals surface area contributed by atoms with Crippen LogP contribution in [0.1, 0.15) is 30.1 Å². The van der Waals surface area contributed by atoms with E-state index in [1.807, 2.05) is 0 Å². The molecule has 1 saturated heterocycles. The Morgan fingerprint density at radius 2 is 1.95 bits per heavy atom. The first kappa shape index (κ1) is 13.2. The zero-order valence-electron chi connectivity index (χ0n) is 10.5. The van der Waals surface area contributed by atoms with Gasteiger partial charge in [0.05, 0.1) is 5.69 Å². The molecule has 20 heavy (non-hydrogen) atoms. The van der Waals surface area contributed by atoms with E-state index < -0.39 is 11.9 Å². The fourth-order valence-corrected chi connectivity index (χ4v) is 2.41. The molecule has 0 bridgehead atoms. The number of alkyl halides is 3. The smallest absolute Gasteiger partial charge is 0.384 e. The van der Waals surface area contributed by atoms with Crippen molar-refractivity contribution in [3.63, 3.8) is 0 Å². The number of ether oxygens (including phenoxy) is 1. The molecule has 0 radical (unpaired) electrons. The molecule has 2 aromatic heterocycles. The number of aromatic nitrogens is 3. The monoisotopic (exact) mass is 286 g/mol. The topological polar surface area (TPSA) is 65.4 Å². The molecule has 2 N–H and O–H groups in total. The van der Waals surface area contributed by atoms with Crippen LogP contribution >= 0.6 is 0 Å². The normalized spacial score (nSPS) is 17.8. The summed E-state index contributed by atoms with van der Waals surface area (Å²) in [5, 5.41) is 4.07. The molecule has 3 heterocycles. The Labute approximate surface area is 112 Å². The van der Waals surface area contributed by atoms with Crippen LogP contribution in [-0.4, -0.2) is 27.8 Å². The van der Waals surface area contributed by atoms with Gasteiger partial charge in [0.25, 0.3) is 0 Å². The van der Waals surface area contributed by atoms with Gasteiger partial charge in [-0.1, -0.05) is 0 Å². The van der Waals surface area contributed by atoms with E-state index in [1.54, 1.807) is 6.07 Å². The van der Waals surface area contributed by atoms with Gasteiger partial charge < -0.3 is 10.5 Å². The molecule has 2 aromatic rings. The highest BCUT2D eigenvalue weighted by Crippen LogP contribution is 2.32. The van der Waals surface area contributed by atoms with Crippen molar-refractivity contribution in [3.8, 4) is 0 Å². The number of fused-ring (bicyclic) bond motifs is 1. The van der Waals surface area contributed by atoms with E-state index in [4.69, 9.17) is 10.5 Å². The summed E-state index contributed by atoms with van der Waals surface area (Å²) in [6.45, 7) is 1.19. The molecule has 0 aliphatic carbocycles. The van der Waals surface area contributed by atoms with Crippen LogP contribution in [0.4, 0.5) is 19.0 Å². The van der Waals surface area contributed by atoms with Crippen LogP contribution < -0.4 is 5.73 Å². The Morgan fingerprint density at radius 3 is 2.60 bits per heavy atom. The summed E-state index contributed by atoms with van der Waals surface area (Å²) in [6, 6.07) is 2.37. The fourth-order valence-electron chi connectivity index (χ4n) is 2.41. The van der Waals surface area contributed by atoms with Gasteiger partial charge in [0.15, 0.2) is 11.3 Å². The molecule has 0 saturated carbocycles. The van der Waals surface area contributed by atoms with Gasteiger partial charge in [-0.3, -0.25) is 0 Å². The lowest BCUT2D eigenvalue weighted by Crippen LogP contribution is -2.16. The average molecular weight is 286 g/mol. The summed E-state index contributed by atoms with van der Waals surface area (Å²) in [5.41, 5.74) is 5.26. The number of halogens is 3. The second kappa shape index (κ2) is 4.62.